The molecule has 1 heterocycles. The Labute approximate surface area is 186 Å². The lowest BCUT2D eigenvalue weighted by atomic mass is 10.2. The summed E-state index contributed by atoms with van der Waals surface area (Å²) in [6.07, 6.45) is 2.96. The molecule has 156 valence electrons. The molecule has 0 saturated heterocycles. The molecule has 0 fully saturated rings. The van der Waals surface area contributed by atoms with E-state index in [2.05, 4.69) is 30.8 Å². The second-order valence-corrected chi connectivity index (χ2v) is 7.68. The van der Waals surface area contributed by atoms with Crippen molar-refractivity contribution in [3.8, 4) is 5.75 Å². The molecule has 0 N–H and O–H groups in total. The molecule has 3 aromatic rings. The minimum atomic E-state index is -0.505. The molecule has 0 aliphatic heterocycles. The van der Waals surface area contributed by atoms with E-state index in [0.29, 0.717) is 39.5 Å². The van der Waals surface area contributed by atoms with E-state index in [1.165, 1.54) is 18.0 Å². The molecule has 1 aromatic heterocycles. The van der Waals surface area contributed by atoms with Crippen molar-refractivity contribution in [2.24, 2.45) is 5.10 Å². The van der Waals surface area contributed by atoms with E-state index >= 15 is 0 Å². The number of fused-ring (bicyclic) bond motifs is 1. The largest absolute Gasteiger partial charge is 0.480 e. The average molecular weight is 493 g/mol. The van der Waals surface area contributed by atoms with Gasteiger partial charge in [-0.3, -0.25) is 4.79 Å². The summed E-state index contributed by atoms with van der Waals surface area (Å²) in [5.74, 6) is 0.424. The number of aromatic nitrogens is 2. The third-order valence-corrected chi connectivity index (χ3v) is 4.99. The Kier molecular flexibility index (Phi) is 7.23. The van der Waals surface area contributed by atoms with Crippen LogP contribution in [0, 0.1) is 0 Å². The molecular weight excluding hydrogens is 474 g/mol. The lowest BCUT2D eigenvalue weighted by molar-refractivity contribution is -0.142. The van der Waals surface area contributed by atoms with Gasteiger partial charge in [-0.25, -0.2) is 9.78 Å². The predicted molar refractivity (Wildman–Crippen MR) is 120 cm³/mol. The van der Waals surface area contributed by atoms with Gasteiger partial charge in [-0.05, 0) is 48.4 Å². The zero-order valence-electron chi connectivity index (χ0n) is 16.4. The molecule has 0 aliphatic rings. The second-order valence-electron chi connectivity index (χ2n) is 6.36. The molecule has 9 heteroatoms. The molecule has 0 bridgehead atoms. The molecule has 0 radical (unpaired) electrons. The van der Waals surface area contributed by atoms with Crippen LogP contribution in [-0.2, 0) is 16.0 Å². The number of methoxy groups -OCH3 is 1. The van der Waals surface area contributed by atoms with Gasteiger partial charge in [-0.2, -0.15) is 9.78 Å². The highest BCUT2D eigenvalue weighted by Crippen LogP contribution is 2.25. The van der Waals surface area contributed by atoms with Crippen LogP contribution in [0.2, 0.25) is 5.02 Å². The summed E-state index contributed by atoms with van der Waals surface area (Å²) in [5, 5.41) is 5.15. The highest BCUT2D eigenvalue weighted by atomic mass is 79.9. The molecule has 0 aliphatic carbocycles. The Balaban J connectivity index is 1.94. The van der Waals surface area contributed by atoms with Gasteiger partial charge in [0.05, 0.1) is 29.2 Å². The van der Waals surface area contributed by atoms with Crippen molar-refractivity contribution in [2.75, 3.05) is 13.7 Å². The van der Waals surface area contributed by atoms with Crippen LogP contribution in [0.4, 0.5) is 0 Å². The number of carbonyl (C=O) groups excluding carboxylic acids is 1. The van der Waals surface area contributed by atoms with Gasteiger partial charge in [0.25, 0.3) is 5.56 Å². The Morgan fingerprint density at radius 3 is 2.80 bits per heavy atom. The first-order valence-corrected chi connectivity index (χ1v) is 10.3. The monoisotopic (exact) mass is 491 g/mol. The van der Waals surface area contributed by atoms with Crippen molar-refractivity contribution in [1.29, 1.82) is 0 Å². The van der Waals surface area contributed by atoms with E-state index in [0.717, 1.165) is 10.9 Å². The fraction of sp³-hybridized carbons (Fsp3) is 0.238. The lowest BCUT2D eigenvalue weighted by Gasteiger charge is -2.09. The van der Waals surface area contributed by atoms with Crippen molar-refractivity contribution < 1.29 is 14.3 Å². The van der Waals surface area contributed by atoms with Crippen LogP contribution in [0.15, 0.2) is 50.8 Å². The van der Waals surface area contributed by atoms with Crippen LogP contribution >= 0.6 is 27.5 Å². The first-order chi connectivity index (χ1) is 14.4. The SMILES string of the molecule is CCCc1nc2ccc(Br)cc2c(=O)n1N=Cc1ccc(OCC(=O)OC)c(Cl)c1. The van der Waals surface area contributed by atoms with Gasteiger partial charge in [0, 0.05) is 10.9 Å². The van der Waals surface area contributed by atoms with E-state index in [-0.39, 0.29) is 12.2 Å². The predicted octanol–water partition coefficient (Wildman–Crippen LogP) is 4.20. The van der Waals surface area contributed by atoms with Crippen molar-refractivity contribution >= 4 is 50.6 Å². The number of hydrogen-bond donors (Lipinski definition) is 0. The third-order valence-electron chi connectivity index (χ3n) is 4.20. The van der Waals surface area contributed by atoms with E-state index in [1.807, 2.05) is 13.0 Å². The van der Waals surface area contributed by atoms with E-state index < -0.39 is 5.97 Å². The number of benzene rings is 2. The summed E-state index contributed by atoms with van der Waals surface area (Å²) in [6, 6.07) is 10.4. The summed E-state index contributed by atoms with van der Waals surface area (Å²) in [6.45, 7) is 1.77. The van der Waals surface area contributed by atoms with Crippen molar-refractivity contribution in [3.63, 3.8) is 0 Å². The van der Waals surface area contributed by atoms with Crippen molar-refractivity contribution in [3.05, 3.63) is 67.6 Å². The summed E-state index contributed by atoms with van der Waals surface area (Å²) >= 11 is 9.61. The molecule has 2 aromatic carbocycles. The fourth-order valence-electron chi connectivity index (χ4n) is 2.73. The van der Waals surface area contributed by atoms with Gasteiger partial charge < -0.3 is 9.47 Å². The Morgan fingerprint density at radius 2 is 2.10 bits per heavy atom. The number of ether oxygens (including phenoxy) is 2. The molecule has 0 spiro atoms. The van der Waals surface area contributed by atoms with Crippen molar-refractivity contribution in [2.45, 2.75) is 19.8 Å². The van der Waals surface area contributed by atoms with Gasteiger partial charge in [-0.15, -0.1) is 0 Å². The number of carbonyl (C=O) groups is 1. The number of hydrogen-bond acceptors (Lipinski definition) is 6. The molecule has 30 heavy (non-hydrogen) atoms. The summed E-state index contributed by atoms with van der Waals surface area (Å²) in [4.78, 5) is 28.8. The first kappa shape index (κ1) is 22.0. The van der Waals surface area contributed by atoms with Crippen LogP contribution in [-0.4, -0.2) is 35.6 Å². The summed E-state index contributed by atoms with van der Waals surface area (Å²) in [7, 11) is 1.28. The maximum atomic E-state index is 13.0. The van der Waals surface area contributed by atoms with Gasteiger partial charge in [0.1, 0.15) is 11.6 Å². The number of halogens is 2. The molecule has 7 nitrogen and oxygen atoms in total. The van der Waals surface area contributed by atoms with E-state index in [4.69, 9.17) is 16.3 Å². The smallest absolute Gasteiger partial charge is 0.343 e. The Bertz CT molecular complexity index is 1180. The Morgan fingerprint density at radius 1 is 1.30 bits per heavy atom. The first-order valence-electron chi connectivity index (χ1n) is 9.17. The second kappa shape index (κ2) is 9.86. The van der Waals surface area contributed by atoms with Crippen LogP contribution in [0.5, 0.6) is 5.75 Å². The number of rotatable bonds is 7. The molecule has 0 atom stereocenters. The molecule has 3 rings (SSSR count). The summed E-state index contributed by atoms with van der Waals surface area (Å²) in [5.41, 5.74) is 1.05. The van der Waals surface area contributed by atoms with Gasteiger partial charge in [0.15, 0.2) is 6.61 Å². The quantitative estimate of drug-likeness (QED) is 0.365. The Hall–Kier alpha value is -2.71. The van der Waals surface area contributed by atoms with Gasteiger partial charge in [0.2, 0.25) is 0 Å². The molecular formula is C21H19BrClN3O4. The van der Waals surface area contributed by atoms with E-state index in [1.54, 1.807) is 30.3 Å². The number of aryl methyl sites for hydroxylation is 1. The van der Waals surface area contributed by atoms with Crippen LogP contribution in [0.1, 0.15) is 24.7 Å². The third kappa shape index (κ3) is 5.06. The topological polar surface area (TPSA) is 82.8 Å². The maximum Gasteiger partial charge on any atom is 0.343 e. The minimum absolute atomic E-state index is 0.238. The zero-order valence-corrected chi connectivity index (χ0v) is 18.7. The highest BCUT2D eigenvalue weighted by molar-refractivity contribution is 9.10. The normalized spacial score (nSPS) is 11.2. The average Bonchev–Trinajstić information content (AvgIpc) is 2.73. The highest BCUT2D eigenvalue weighted by Gasteiger charge is 2.11. The molecule has 0 unspecified atom stereocenters. The number of esters is 1. The zero-order chi connectivity index (χ0) is 21.7. The van der Waals surface area contributed by atoms with Crippen molar-refractivity contribution in [1.82, 2.24) is 9.66 Å². The van der Waals surface area contributed by atoms with Gasteiger partial charge >= 0.3 is 5.97 Å². The number of nitrogens with zero attached hydrogens (tertiary/aromatic N) is 3. The maximum absolute atomic E-state index is 13.0. The summed E-state index contributed by atoms with van der Waals surface area (Å²) < 4.78 is 12.0. The standard InChI is InChI=1S/C21H19BrClN3O4/c1-3-4-19-25-17-7-6-14(22)10-15(17)21(28)26(19)24-11-13-5-8-18(16(23)9-13)30-12-20(27)29-2/h5-11H,3-4,12H2,1-2H3. The molecule has 0 saturated carbocycles. The van der Waals surface area contributed by atoms with E-state index in [9.17, 15) is 9.59 Å². The van der Waals surface area contributed by atoms with Crippen LogP contribution in [0.25, 0.3) is 10.9 Å². The molecule has 0 amide bonds. The van der Waals surface area contributed by atoms with Gasteiger partial charge in [-0.1, -0.05) is 34.5 Å². The lowest BCUT2D eigenvalue weighted by Crippen LogP contribution is -2.22. The fourth-order valence-corrected chi connectivity index (χ4v) is 3.34. The van der Waals surface area contributed by atoms with Crippen LogP contribution < -0.4 is 10.3 Å². The van der Waals surface area contributed by atoms with Crippen LogP contribution in [0.3, 0.4) is 0 Å². The minimum Gasteiger partial charge on any atom is -0.480 e.